The fraction of sp³-hybridized carbons (Fsp3) is 0.667. The SMILES string of the molecule is Cc1nccc(CNS(=O)(=O)C(C)CNC(C)C)n1. The monoisotopic (exact) mass is 286 g/mol. The van der Waals surface area contributed by atoms with Gasteiger partial charge in [0, 0.05) is 18.8 Å². The van der Waals surface area contributed by atoms with Crippen molar-refractivity contribution in [2.75, 3.05) is 6.54 Å². The van der Waals surface area contributed by atoms with Gasteiger partial charge in [0.05, 0.1) is 17.5 Å². The Hall–Kier alpha value is -1.05. The zero-order valence-corrected chi connectivity index (χ0v) is 12.7. The largest absolute Gasteiger partial charge is 0.313 e. The Balaban J connectivity index is 2.55. The number of nitrogens with one attached hydrogen (secondary N) is 2. The number of sulfonamides is 1. The zero-order valence-electron chi connectivity index (χ0n) is 11.8. The summed E-state index contributed by atoms with van der Waals surface area (Å²) in [6.07, 6.45) is 1.62. The van der Waals surface area contributed by atoms with Crippen molar-refractivity contribution in [2.24, 2.45) is 0 Å². The van der Waals surface area contributed by atoms with E-state index in [0.29, 0.717) is 18.1 Å². The highest BCUT2D eigenvalue weighted by Gasteiger charge is 2.20. The summed E-state index contributed by atoms with van der Waals surface area (Å²) >= 11 is 0. The first-order chi connectivity index (χ1) is 8.81. The van der Waals surface area contributed by atoms with Gasteiger partial charge in [-0.25, -0.2) is 23.1 Å². The van der Waals surface area contributed by atoms with Crippen LogP contribution < -0.4 is 10.0 Å². The minimum Gasteiger partial charge on any atom is -0.313 e. The van der Waals surface area contributed by atoms with Gasteiger partial charge in [0.1, 0.15) is 5.82 Å². The molecule has 0 spiro atoms. The van der Waals surface area contributed by atoms with E-state index in [0.717, 1.165) is 0 Å². The number of hydrogen-bond acceptors (Lipinski definition) is 5. The molecular weight excluding hydrogens is 264 g/mol. The summed E-state index contributed by atoms with van der Waals surface area (Å²) in [6, 6.07) is 1.97. The molecule has 0 aliphatic heterocycles. The second-order valence-corrected chi connectivity index (χ2v) is 7.02. The summed E-state index contributed by atoms with van der Waals surface area (Å²) in [5.74, 6) is 0.631. The summed E-state index contributed by atoms with van der Waals surface area (Å²) in [7, 11) is -3.34. The molecule has 1 rings (SSSR count). The van der Waals surface area contributed by atoms with Gasteiger partial charge in [-0.1, -0.05) is 13.8 Å². The van der Waals surface area contributed by atoms with Gasteiger partial charge in [0.25, 0.3) is 0 Å². The lowest BCUT2D eigenvalue weighted by Gasteiger charge is -2.16. The van der Waals surface area contributed by atoms with Crippen LogP contribution in [0.15, 0.2) is 12.3 Å². The lowest BCUT2D eigenvalue weighted by Crippen LogP contribution is -2.40. The van der Waals surface area contributed by atoms with E-state index in [1.165, 1.54) is 0 Å². The van der Waals surface area contributed by atoms with E-state index in [2.05, 4.69) is 20.0 Å². The number of aromatic nitrogens is 2. The fourth-order valence-electron chi connectivity index (χ4n) is 1.43. The maximum atomic E-state index is 12.0. The van der Waals surface area contributed by atoms with E-state index in [4.69, 9.17) is 0 Å². The number of rotatable bonds is 7. The molecule has 0 aliphatic rings. The van der Waals surface area contributed by atoms with E-state index < -0.39 is 15.3 Å². The molecule has 1 aromatic heterocycles. The zero-order chi connectivity index (χ0) is 14.5. The molecular formula is C12H22N4O2S. The molecule has 108 valence electrons. The predicted molar refractivity (Wildman–Crippen MR) is 75.1 cm³/mol. The number of nitrogens with zero attached hydrogens (tertiary/aromatic N) is 2. The van der Waals surface area contributed by atoms with Crippen molar-refractivity contribution in [1.82, 2.24) is 20.0 Å². The topological polar surface area (TPSA) is 84.0 Å². The molecule has 0 radical (unpaired) electrons. The van der Waals surface area contributed by atoms with Gasteiger partial charge < -0.3 is 5.32 Å². The maximum Gasteiger partial charge on any atom is 0.215 e. The third-order valence-corrected chi connectivity index (χ3v) is 4.40. The summed E-state index contributed by atoms with van der Waals surface area (Å²) < 4.78 is 26.6. The summed E-state index contributed by atoms with van der Waals surface area (Å²) in [6.45, 7) is 8.04. The van der Waals surface area contributed by atoms with E-state index in [1.54, 1.807) is 26.1 Å². The molecule has 0 saturated carbocycles. The standard InChI is InChI=1S/C12H22N4O2S/c1-9(2)14-7-10(3)19(17,18)15-8-12-5-6-13-11(4)16-12/h5-6,9-10,14-15H,7-8H2,1-4H3. The molecule has 1 unspecified atom stereocenters. The Bertz CT molecular complexity index is 502. The summed E-state index contributed by atoms with van der Waals surface area (Å²) in [4.78, 5) is 8.13. The fourth-order valence-corrected chi connectivity index (χ4v) is 2.38. The molecule has 1 heterocycles. The van der Waals surface area contributed by atoms with Crippen LogP contribution in [0.5, 0.6) is 0 Å². The highest BCUT2D eigenvalue weighted by atomic mass is 32.2. The van der Waals surface area contributed by atoms with Crippen molar-refractivity contribution in [3.05, 3.63) is 23.8 Å². The molecule has 0 saturated heterocycles. The van der Waals surface area contributed by atoms with Gasteiger partial charge in [-0.15, -0.1) is 0 Å². The highest BCUT2D eigenvalue weighted by molar-refractivity contribution is 7.90. The average Bonchev–Trinajstić information content (AvgIpc) is 2.33. The van der Waals surface area contributed by atoms with Crippen LogP contribution in [0.3, 0.4) is 0 Å². The molecule has 19 heavy (non-hydrogen) atoms. The van der Waals surface area contributed by atoms with Crippen molar-refractivity contribution < 1.29 is 8.42 Å². The molecule has 0 amide bonds. The van der Waals surface area contributed by atoms with Crippen LogP contribution >= 0.6 is 0 Å². The van der Waals surface area contributed by atoms with Gasteiger partial charge in [0.2, 0.25) is 10.0 Å². The van der Waals surface area contributed by atoms with Crippen LogP contribution in [0.1, 0.15) is 32.3 Å². The van der Waals surface area contributed by atoms with Gasteiger partial charge in [-0.2, -0.15) is 0 Å². The Labute approximate surface area is 115 Å². The molecule has 1 aromatic rings. The second-order valence-electron chi connectivity index (χ2n) is 4.83. The van der Waals surface area contributed by atoms with E-state index >= 15 is 0 Å². The average molecular weight is 286 g/mol. The first kappa shape index (κ1) is 16.0. The quantitative estimate of drug-likeness (QED) is 0.766. The molecule has 1 atom stereocenters. The maximum absolute atomic E-state index is 12.0. The molecule has 6 nitrogen and oxygen atoms in total. The minimum atomic E-state index is -3.34. The normalized spacial score (nSPS) is 13.7. The van der Waals surface area contributed by atoms with Crippen LogP contribution in [-0.2, 0) is 16.6 Å². The van der Waals surface area contributed by atoms with Gasteiger partial charge in [0.15, 0.2) is 0 Å². The van der Waals surface area contributed by atoms with Crippen LogP contribution in [0.2, 0.25) is 0 Å². The highest BCUT2D eigenvalue weighted by Crippen LogP contribution is 2.01. The van der Waals surface area contributed by atoms with Crippen molar-refractivity contribution in [3.63, 3.8) is 0 Å². The first-order valence-electron chi connectivity index (χ1n) is 6.31. The van der Waals surface area contributed by atoms with E-state index in [-0.39, 0.29) is 12.6 Å². The molecule has 0 fully saturated rings. The van der Waals surface area contributed by atoms with Crippen LogP contribution in [0.4, 0.5) is 0 Å². The van der Waals surface area contributed by atoms with Crippen LogP contribution in [0.25, 0.3) is 0 Å². The lowest BCUT2D eigenvalue weighted by molar-refractivity contribution is 0.540. The van der Waals surface area contributed by atoms with Gasteiger partial charge in [-0.05, 0) is 19.9 Å². The van der Waals surface area contributed by atoms with Crippen LogP contribution in [-0.4, -0.2) is 36.2 Å². The first-order valence-corrected chi connectivity index (χ1v) is 7.86. The molecule has 0 bridgehead atoms. The molecule has 7 heteroatoms. The van der Waals surface area contributed by atoms with Crippen molar-refractivity contribution >= 4 is 10.0 Å². The van der Waals surface area contributed by atoms with Gasteiger partial charge >= 0.3 is 0 Å². The molecule has 2 N–H and O–H groups in total. The minimum absolute atomic E-state index is 0.192. The Kier molecular flexibility index (Phi) is 5.84. The predicted octanol–water partition coefficient (Wildman–Crippen LogP) is 0.591. The van der Waals surface area contributed by atoms with E-state index in [1.807, 2.05) is 13.8 Å². The van der Waals surface area contributed by atoms with Crippen LogP contribution in [0, 0.1) is 6.92 Å². The van der Waals surface area contributed by atoms with Crippen molar-refractivity contribution in [3.8, 4) is 0 Å². The molecule has 0 aromatic carbocycles. The summed E-state index contributed by atoms with van der Waals surface area (Å²) in [5, 5.41) is 2.63. The lowest BCUT2D eigenvalue weighted by atomic mass is 10.3. The Morgan fingerprint density at radius 1 is 1.32 bits per heavy atom. The van der Waals surface area contributed by atoms with Gasteiger partial charge in [-0.3, -0.25) is 0 Å². The Morgan fingerprint density at radius 2 is 2.00 bits per heavy atom. The summed E-state index contributed by atoms with van der Waals surface area (Å²) in [5.41, 5.74) is 0.667. The third-order valence-electron chi connectivity index (χ3n) is 2.63. The number of aryl methyl sites for hydroxylation is 1. The van der Waals surface area contributed by atoms with E-state index in [9.17, 15) is 8.42 Å². The second kappa shape index (κ2) is 6.93. The molecule has 0 aliphatic carbocycles. The third kappa shape index (κ3) is 5.63. The van der Waals surface area contributed by atoms with Crippen molar-refractivity contribution in [2.45, 2.75) is 45.5 Å². The smallest absolute Gasteiger partial charge is 0.215 e. The number of hydrogen-bond donors (Lipinski definition) is 2. The van der Waals surface area contributed by atoms with Crippen molar-refractivity contribution in [1.29, 1.82) is 0 Å². The Morgan fingerprint density at radius 3 is 2.58 bits per heavy atom.